The largest absolute Gasteiger partial charge is 0.508 e. The highest BCUT2D eigenvalue weighted by Gasteiger charge is 2.62. The Morgan fingerprint density at radius 2 is 1.72 bits per heavy atom. The number of amides is 2. The molecule has 1 aromatic carbocycles. The number of phenols is 1. The van der Waals surface area contributed by atoms with Gasteiger partial charge in [0.05, 0.1) is 18.2 Å². The van der Waals surface area contributed by atoms with Crippen LogP contribution in [0.4, 0.5) is 10.5 Å². The number of aliphatic hydroxyl groups is 3. The molecule has 0 aliphatic heterocycles. The fraction of sp³-hybridized carbons (Fsp3) is 0.594. The highest BCUT2D eigenvalue weighted by atomic mass is 16.6. The molecule has 3 aliphatic rings. The van der Waals surface area contributed by atoms with E-state index in [1.807, 2.05) is 20.8 Å². The predicted molar refractivity (Wildman–Crippen MR) is 163 cm³/mol. The first-order valence-corrected chi connectivity index (χ1v) is 15.1. The second-order valence-corrected chi connectivity index (χ2v) is 13.8. The van der Waals surface area contributed by atoms with Gasteiger partial charge >= 0.3 is 12.1 Å². The summed E-state index contributed by atoms with van der Waals surface area (Å²) in [6.07, 6.45) is -2.19. The van der Waals surface area contributed by atoms with Crippen molar-refractivity contribution >= 4 is 35.2 Å². The van der Waals surface area contributed by atoms with E-state index in [4.69, 9.17) is 15.2 Å². The van der Waals surface area contributed by atoms with E-state index in [9.17, 15) is 44.4 Å². The van der Waals surface area contributed by atoms with Gasteiger partial charge in [0.25, 0.3) is 0 Å². The molecule has 0 saturated heterocycles. The number of primary amides is 1. The molecule has 2 unspecified atom stereocenters. The number of ether oxygens (including phenoxy) is 2. The number of carbonyl (C=O) groups excluding carboxylic acids is 5. The minimum Gasteiger partial charge on any atom is -0.508 e. The molecule has 1 saturated carbocycles. The van der Waals surface area contributed by atoms with Crippen LogP contribution in [0.1, 0.15) is 62.0 Å². The van der Waals surface area contributed by atoms with Crippen molar-refractivity contribution in [1.82, 2.24) is 4.90 Å². The first-order chi connectivity index (χ1) is 21.3. The number of benzene rings is 1. The molecule has 3 aliphatic carbocycles. The summed E-state index contributed by atoms with van der Waals surface area (Å²) in [5.74, 6) is -8.43. The monoisotopic (exact) mass is 645 g/mol. The molecular weight excluding hydrogens is 602 g/mol. The lowest BCUT2D eigenvalue weighted by molar-refractivity contribution is -0.167. The number of allylic oxidation sites excluding steroid dienone is 1. The van der Waals surface area contributed by atoms with Gasteiger partial charge < -0.3 is 45.4 Å². The molecular formula is C32H43N3O11. The number of anilines is 1. The minimum absolute atomic E-state index is 0.0449. The van der Waals surface area contributed by atoms with E-state index in [1.54, 1.807) is 25.1 Å². The van der Waals surface area contributed by atoms with Gasteiger partial charge in [-0.05, 0) is 42.2 Å². The topological polar surface area (TPSA) is 217 Å². The molecule has 1 aromatic rings. The number of hydrogen-bond donors (Lipinski definition) is 5. The van der Waals surface area contributed by atoms with Crippen LogP contribution >= 0.6 is 0 Å². The van der Waals surface area contributed by atoms with Crippen molar-refractivity contribution in [3.8, 4) is 5.75 Å². The van der Waals surface area contributed by atoms with E-state index in [0.717, 1.165) is 0 Å². The number of aromatic hydroxyl groups is 1. The zero-order valence-corrected chi connectivity index (χ0v) is 27.0. The molecule has 0 aromatic heterocycles. The fourth-order valence-corrected chi connectivity index (χ4v) is 6.92. The van der Waals surface area contributed by atoms with Crippen LogP contribution in [0.25, 0.3) is 0 Å². The van der Waals surface area contributed by atoms with Gasteiger partial charge in [-0.15, -0.1) is 0 Å². The molecule has 5 atom stereocenters. The van der Waals surface area contributed by atoms with Crippen molar-refractivity contribution in [2.75, 3.05) is 38.8 Å². The van der Waals surface area contributed by atoms with Crippen molar-refractivity contribution in [3.63, 3.8) is 0 Å². The number of fused-ring (bicyclic) bond motifs is 3. The quantitative estimate of drug-likeness (QED) is 0.154. The Balaban J connectivity index is 1.78. The third-order valence-corrected chi connectivity index (χ3v) is 8.83. The average molecular weight is 646 g/mol. The normalized spacial score (nSPS) is 25.7. The number of nitrogens with zero attached hydrogens (tertiary/aromatic N) is 2. The van der Waals surface area contributed by atoms with Gasteiger partial charge in [0.15, 0.2) is 17.2 Å². The number of rotatable bonds is 8. The van der Waals surface area contributed by atoms with E-state index in [1.165, 1.54) is 11.8 Å². The smallest absolute Gasteiger partial charge is 0.410 e. The van der Waals surface area contributed by atoms with Gasteiger partial charge in [-0.1, -0.05) is 20.8 Å². The summed E-state index contributed by atoms with van der Waals surface area (Å²) >= 11 is 0. The van der Waals surface area contributed by atoms with Gasteiger partial charge in [0.2, 0.25) is 5.91 Å². The zero-order valence-electron chi connectivity index (χ0n) is 27.0. The van der Waals surface area contributed by atoms with Crippen LogP contribution in [-0.4, -0.2) is 100 Å². The molecule has 0 heterocycles. The highest BCUT2D eigenvalue weighted by Crippen LogP contribution is 2.53. The number of esters is 1. The van der Waals surface area contributed by atoms with Gasteiger partial charge in [0.1, 0.15) is 30.6 Å². The highest BCUT2D eigenvalue weighted by molar-refractivity contribution is 6.16. The molecule has 252 valence electrons. The van der Waals surface area contributed by atoms with Crippen LogP contribution in [-0.2, 0) is 36.8 Å². The van der Waals surface area contributed by atoms with Crippen molar-refractivity contribution < 1.29 is 53.9 Å². The molecule has 2 amide bonds. The van der Waals surface area contributed by atoms with E-state index in [0.29, 0.717) is 11.3 Å². The Kier molecular flexibility index (Phi) is 9.47. The molecule has 0 radical (unpaired) electrons. The van der Waals surface area contributed by atoms with E-state index < -0.39 is 75.9 Å². The number of Topliss-reactive ketones (excluding diaryl/α,β-unsaturated/α-hetero) is 2. The summed E-state index contributed by atoms with van der Waals surface area (Å²) in [6.45, 7) is 6.63. The van der Waals surface area contributed by atoms with Crippen LogP contribution in [0, 0.1) is 23.2 Å². The number of carbonyl (C=O) groups is 5. The third kappa shape index (κ3) is 6.27. The lowest BCUT2D eigenvalue weighted by atomic mass is 9.57. The summed E-state index contributed by atoms with van der Waals surface area (Å²) in [6, 6.07) is 1.67. The van der Waals surface area contributed by atoms with Crippen LogP contribution < -0.4 is 10.6 Å². The SMILES string of the molecule is CC(=O)OCCOC(=O)N(Cc1cc(N(C)C)c2c(c1O)C(=O)C1=C(O)[C@]3(O)C(=O)C(C(N)=O)C(O)C[C@@H]3C[C@@H]1C2)CC(C)(C)C. The molecule has 4 rings (SSSR count). The maximum absolute atomic E-state index is 14.2. The Bertz CT molecular complexity index is 1490. The maximum atomic E-state index is 14.2. The fourth-order valence-electron chi connectivity index (χ4n) is 6.92. The van der Waals surface area contributed by atoms with Crippen molar-refractivity contribution in [1.29, 1.82) is 0 Å². The maximum Gasteiger partial charge on any atom is 0.410 e. The lowest BCUT2D eigenvalue weighted by Gasteiger charge is -2.48. The van der Waals surface area contributed by atoms with Gasteiger partial charge in [0, 0.05) is 50.3 Å². The summed E-state index contributed by atoms with van der Waals surface area (Å²) in [5, 5.41) is 45.0. The molecule has 14 heteroatoms. The molecule has 0 bridgehead atoms. The lowest BCUT2D eigenvalue weighted by Crippen LogP contribution is -2.63. The number of aliphatic hydroxyl groups excluding tert-OH is 2. The Hall–Kier alpha value is -4.17. The second-order valence-electron chi connectivity index (χ2n) is 13.8. The summed E-state index contributed by atoms with van der Waals surface area (Å²) in [7, 11) is 3.50. The predicted octanol–water partition coefficient (Wildman–Crippen LogP) is 1.36. The second kappa shape index (κ2) is 12.6. The van der Waals surface area contributed by atoms with E-state index in [-0.39, 0.29) is 62.3 Å². The Morgan fingerprint density at radius 3 is 2.28 bits per heavy atom. The first kappa shape index (κ1) is 34.7. The number of phenolic OH excluding ortho intramolecular Hbond substituents is 1. The van der Waals surface area contributed by atoms with Gasteiger partial charge in [-0.25, -0.2) is 4.79 Å². The van der Waals surface area contributed by atoms with Crippen LogP contribution in [0.3, 0.4) is 0 Å². The number of ketones is 2. The summed E-state index contributed by atoms with van der Waals surface area (Å²) < 4.78 is 10.1. The summed E-state index contributed by atoms with van der Waals surface area (Å²) in [4.78, 5) is 66.8. The van der Waals surface area contributed by atoms with Gasteiger partial charge in [-0.3, -0.25) is 19.2 Å². The Labute approximate surface area is 266 Å². The number of hydrogen-bond acceptors (Lipinski definition) is 12. The molecule has 46 heavy (non-hydrogen) atoms. The first-order valence-electron chi connectivity index (χ1n) is 15.1. The minimum atomic E-state index is -2.62. The third-order valence-electron chi connectivity index (χ3n) is 8.83. The van der Waals surface area contributed by atoms with Crippen LogP contribution in [0.5, 0.6) is 5.75 Å². The average Bonchev–Trinajstić information content (AvgIpc) is 2.92. The number of nitrogens with two attached hydrogens (primary N) is 1. The van der Waals surface area contributed by atoms with Crippen molar-refractivity contribution in [3.05, 3.63) is 34.1 Å². The summed E-state index contributed by atoms with van der Waals surface area (Å²) in [5.41, 5.74) is 3.17. The molecule has 1 fully saturated rings. The molecule has 6 N–H and O–H groups in total. The Morgan fingerprint density at radius 1 is 1.09 bits per heavy atom. The zero-order chi connectivity index (χ0) is 34.5. The van der Waals surface area contributed by atoms with Crippen LogP contribution in [0.2, 0.25) is 0 Å². The van der Waals surface area contributed by atoms with Gasteiger partial charge in [-0.2, -0.15) is 0 Å². The van der Waals surface area contributed by atoms with Crippen molar-refractivity contribution in [2.45, 2.75) is 65.2 Å². The van der Waals surface area contributed by atoms with Crippen LogP contribution in [0.15, 0.2) is 17.4 Å². The molecule has 0 spiro atoms. The molecule has 14 nitrogen and oxygen atoms in total. The standard InChI is InChI=1S/C32H43N3O11/c1-15(36)45-7-8-46-30(43)35(14-31(2,3)4)13-17-11-20(34(5)6)19-10-16-9-18-12-21(37)24(29(33)42)28(41)32(18,44)27(40)22(16)26(39)23(19)25(17)38/h11,16,18,21,24,37-38,40,44H,7-10,12-14H2,1-6H3,(H2,33,42)/t16-,18+,21?,24?,32+/m1/s1. The van der Waals surface area contributed by atoms with E-state index >= 15 is 0 Å². The van der Waals surface area contributed by atoms with E-state index in [2.05, 4.69) is 0 Å². The van der Waals surface area contributed by atoms with Crippen molar-refractivity contribution in [2.24, 2.45) is 28.9 Å².